The minimum absolute atomic E-state index is 0.0877. The summed E-state index contributed by atoms with van der Waals surface area (Å²) in [6, 6.07) is 21.8. The number of aromatic amines is 1. The number of ether oxygens (including phenoxy) is 2. The zero-order valence-corrected chi connectivity index (χ0v) is 18.2. The number of anilines is 1. The Morgan fingerprint density at radius 1 is 0.938 bits per heavy atom. The van der Waals surface area contributed by atoms with Gasteiger partial charge in [0, 0.05) is 11.1 Å². The Balaban J connectivity index is 1.81. The van der Waals surface area contributed by atoms with E-state index in [1.807, 2.05) is 43.3 Å². The van der Waals surface area contributed by atoms with Crippen LogP contribution in [-0.2, 0) is 6.54 Å². The van der Waals surface area contributed by atoms with Gasteiger partial charge in [-0.25, -0.2) is 0 Å². The van der Waals surface area contributed by atoms with Crippen LogP contribution >= 0.6 is 0 Å². The Labute approximate surface area is 186 Å². The summed E-state index contributed by atoms with van der Waals surface area (Å²) in [5.41, 5.74) is 3.10. The van der Waals surface area contributed by atoms with Crippen molar-refractivity contribution in [2.24, 2.45) is 0 Å². The number of aryl methyl sites for hydroxylation is 1. The summed E-state index contributed by atoms with van der Waals surface area (Å²) in [6.07, 6.45) is 0. The van der Waals surface area contributed by atoms with Gasteiger partial charge in [-0.3, -0.25) is 9.59 Å². The van der Waals surface area contributed by atoms with Crippen LogP contribution in [0.15, 0.2) is 77.6 Å². The number of fused-ring (bicyclic) bond motifs is 1. The monoisotopic (exact) mass is 428 g/mol. The molecule has 0 aliphatic carbocycles. The van der Waals surface area contributed by atoms with Crippen molar-refractivity contribution in [3.8, 4) is 11.5 Å². The Morgan fingerprint density at radius 2 is 1.69 bits per heavy atom. The van der Waals surface area contributed by atoms with Crippen LogP contribution in [0, 0.1) is 6.92 Å². The van der Waals surface area contributed by atoms with E-state index in [4.69, 9.17) is 9.47 Å². The van der Waals surface area contributed by atoms with E-state index in [-0.39, 0.29) is 18.0 Å². The van der Waals surface area contributed by atoms with Crippen molar-refractivity contribution in [2.75, 3.05) is 19.1 Å². The maximum absolute atomic E-state index is 13.6. The lowest BCUT2D eigenvalue weighted by molar-refractivity contribution is 0.0984. The molecule has 1 heterocycles. The molecule has 3 aromatic carbocycles. The minimum Gasteiger partial charge on any atom is -0.497 e. The largest absolute Gasteiger partial charge is 0.497 e. The van der Waals surface area contributed by atoms with Gasteiger partial charge in [-0.1, -0.05) is 30.3 Å². The minimum atomic E-state index is -0.249. The van der Waals surface area contributed by atoms with Gasteiger partial charge in [-0.15, -0.1) is 0 Å². The highest BCUT2D eigenvalue weighted by atomic mass is 16.5. The van der Waals surface area contributed by atoms with Gasteiger partial charge in [0.25, 0.3) is 11.5 Å². The van der Waals surface area contributed by atoms with E-state index in [0.717, 1.165) is 16.5 Å². The second kappa shape index (κ2) is 8.98. The molecule has 32 heavy (non-hydrogen) atoms. The Kier molecular flexibility index (Phi) is 5.94. The van der Waals surface area contributed by atoms with Crippen molar-refractivity contribution in [3.63, 3.8) is 0 Å². The SMILES string of the molecule is COc1ccc(C(=O)N(Cc2cc3cccc(C)c3[nH]c2=O)c2ccccc2OC)cc1. The summed E-state index contributed by atoms with van der Waals surface area (Å²) in [5.74, 6) is 0.954. The number of rotatable bonds is 6. The van der Waals surface area contributed by atoms with Gasteiger partial charge in [-0.05, 0) is 60.3 Å². The van der Waals surface area contributed by atoms with Crippen LogP contribution in [0.1, 0.15) is 21.5 Å². The topological polar surface area (TPSA) is 71.6 Å². The zero-order valence-electron chi connectivity index (χ0n) is 18.2. The van der Waals surface area contributed by atoms with Crippen LogP contribution in [0.4, 0.5) is 5.69 Å². The smallest absolute Gasteiger partial charge is 0.258 e. The molecule has 0 saturated heterocycles. The molecule has 0 radical (unpaired) electrons. The number of benzene rings is 3. The van der Waals surface area contributed by atoms with E-state index < -0.39 is 0 Å². The first-order valence-electron chi connectivity index (χ1n) is 10.2. The second-order valence-corrected chi connectivity index (χ2v) is 7.45. The first-order valence-corrected chi connectivity index (χ1v) is 10.2. The molecule has 0 atom stereocenters. The lowest BCUT2D eigenvalue weighted by Gasteiger charge is -2.25. The van der Waals surface area contributed by atoms with Gasteiger partial charge in [0.15, 0.2) is 0 Å². The summed E-state index contributed by atoms with van der Waals surface area (Å²) < 4.78 is 10.7. The Bertz CT molecular complexity index is 1330. The quantitative estimate of drug-likeness (QED) is 0.483. The third kappa shape index (κ3) is 4.07. The predicted octanol–water partition coefficient (Wildman–Crippen LogP) is 4.70. The molecule has 0 aliphatic heterocycles. The molecule has 0 saturated carbocycles. The van der Waals surface area contributed by atoms with E-state index in [1.54, 1.807) is 55.5 Å². The van der Waals surface area contributed by atoms with Crippen molar-refractivity contribution in [1.82, 2.24) is 4.98 Å². The van der Waals surface area contributed by atoms with E-state index in [2.05, 4.69) is 4.98 Å². The van der Waals surface area contributed by atoms with Crippen LogP contribution in [-0.4, -0.2) is 25.1 Å². The number of hydrogen-bond acceptors (Lipinski definition) is 4. The van der Waals surface area contributed by atoms with Gasteiger partial charge >= 0.3 is 0 Å². The number of H-pyrrole nitrogens is 1. The normalized spacial score (nSPS) is 10.7. The van der Waals surface area contributed by atoms with Gasteiger partial charge in [0.2, 0.25) is 0 Å². The van der Waals surface area contributed by atoms with Crippen molar-refractivity contribution in [1.29, 1.82) is 0 Å². The molecule has 0 spiro atoms. The summed E-state index contributed by atoms with van der Waals surface area (Å²) >= 11 is 0. The standard InChI is InChI=1S/C26H24N2O4/c1-17-7-6-8-19-15-20(25(29)27-24(17)19)16-28(22-9-4-5-10-23(22)32-3)26(30)18-11-13-21(31-2)14-12-18/h4-15H,16H2,1-3H3,(H,27,29). The number of carbonyl (C=O) groups excluding carboxylic acids is 1. The lowest BCUT2D eigenvalue weighted by atomic mass is 10.1. The summed E-state index contributed by atoms with van der Waals surface area (Å²) in [4.78, 5) is 31.0. The molecule has 162 valence electrons. The molecule has 4 aromatic rings. The second-order valence-electron chi connectivity index (χ2n) is 7.45. The highest BCUT2D eigenvalue weighted by molar-refractivity contribution is 6.07. The van der Waals surface area contributed by atoms with Gasteiger partial charge in [-0.2, -0.15) is 0 Å². The fourth-order valence-corrected chi connectivity index (χ4v) is 3.72. The van der Waals surface area contributed by atoms with E-state index >= 15 is 0 Å². The zero-order chi connectivity index (χ0) is 22.7. The van der Waals surface area contributed by atoms with Crippen LogP contribution in [0.25, 0.3) is 10.9 Å². The molecule has 0 aliphatic rings. The average Bonchev–Trinajstić information content (AvgIpc) is 2.83. The number of amides is 1. The van der Waals surface area contributed by atoms with Crippen molar-refractivity contribution in [3.05, 3.63) is 99.8 Å². The fourth-order valence-electron chi connectivity index (χ4n) is 3.72. The maximum Gasteiger partial charge on any atom is 0.258 e. The van der Waals surface area contributed by atoms with Gasteiger partial charge < -0.3 is 19.4 Å². The van der Waals surface area contributed by atoms with Crippen LogP contribution < -0.4 is 19.9 Å². The number of carbonyl (C=O) groups is 1. The number of para-hydroxylation sites is 3. The van der Waals surface area contributed by atoms with Crippen LogP contribution in [0.3, 0.4) is 0 Å². The molecule has 6 heteroatoms. The highest BCUT2D eigenvalue weighted by Crippen LogP contribution is 2.30. The number of hydrogen-bond donors (Lipinski definition) is 1. The highest BCUT2D eigenvalue weighted by Gasteiger charge is 2.23. The number of nitrogens with zero attached hydrogens (tertiary/aromatic N) is 1. The first kappa shape index (κ1) is 21.2. The van der Waals surface area contributed by atoms with Gasteiger partial charge in [0.1, 0.15) is 11.5 Å². The third-order valence-corrected chi connectivity index (χ3v) is 5.45. The average molecular weight is 428 g/mol. The van der Waals surface area contributed by atoms with E-state index in [1.165, 1.54) is 0 Å². The molecule has 6 nitrogen and oxygen atoms in total. The molecule has 1 N–H and O–H groups in total. The predicted molar refractivity (Wildman–Crippen MR) is 126 cm³/mol. The molecule has 0 bridgehead atoms. The number of pyridine rings is 1. The van der Waals surface area contributed by atoms with Crippen LogP contribution in [0.5, 0.6) is 11.5 Å². The molecular formula is C26H24N2O4. The van der Waals surface area contributed by atoms with Crippen molar-refractivity contribution < 1.29 is 14.3 Å². The van der Waals surface area contributed by atoms with E-state index in [9.17, 15) is 9.59 Å². The molecule has 1 amide bonds. The number of methoxy groups -OCH3 is 2. The number of aromatic nitrogens is 1. The summed E-state index contributed by atoms with van der Waals surface area (Å²) in [5, 5.41) is 0.913. The summed E-state index contributed by atoms with van der Waals surface area (Å²) in [7, 11) is 3.13. The summed E-state index contributed by atoms with van der Waals surface area (Å²) in [6.45, 7) is 2.04. The Morgan fingerprint density at radius 3 is 2.41 bits per heavy atom. The van der Waals surface area contributed by atoms with E-state index in [0.29, 0.717) is 28.3 Å². The first-order chi connectivity index (χ1) is 15.5. The van der Waals surface area contributed by atoms with Crippen molar-refractivity contribution in [2.45, 2.75) is 13.5 Å². The van der Waals surface area contributed by atoms with Crippen molar-refractivity contribution >= 4 is 22.5 Å². The number of nitrogens with one attached hydrogen (secondary N) is 1. The maximum atomic E-state index is 13.6. The molecule has 0 fully saturated rings. The molecule has 0 unspecified atom stereocenters. The fraction of sp³-hybridized carbons (Fsp3) is 0.154. The van der Waals surface area contributed by atoms with Gasteiger partial charge in [0.05, 0.1) is 32.0 Å². The molecular weight excluding hydrogens is 404 g/mol. The Hall–Kier alpha value is -4.06. The molecule has 1 aromatic heterocycles. The van der Waals surface area contributed by atoms with Crippen LogP contribution in [0.2, 0.25) is 0 Å². The third-order valence-electron chi connectivity index (χ3n) is 5.45. The lowest BCUT2D eigenvalue weighted by Crippen LogP contribution is -2.33. The molecule has 4 rings (SSSR count).